The van der Waals surface area contributed by atoms with Crippen LogP contribution < -0.4 is 5.73 Å². The highest BCUT2D eigenvalue weighted by atomic mass is 16.4. The Bertz CT molecular complexity index is 151. The minimum absolute atomic E-state index is 0.953. The number of hydrogen-bond acceptors (Lipinski definition) is 2. The highest BCUT2D eigenvalue weighted by Gasteiger charge is 2.05. The monoisotopic (exact) mass is 106 g/mol. The molecule has 0 bridgehead atoms. The molecule has 0 saturated heterocycles. The molecule has 0 aromatic carbocycles. The van der Waals surface area contributed by atoms with Crippen LogP contribution in [0.5, 0.6) is 0 Å². The summed E-state index contributed by atoms with van der Waals surface area (Å²) >= 11 is 0. The summed E-state index contributed by atoms with van der Waals surface area (Å²) in [5.41, 5.74) is 4.83. The molecule has 0 fully saturated rings. The number of carbonyl (C=O) groups is 1. The fourth-order valence-corrected chi connectivity index (χ4v) is 0.107. The van der Waals surface area contributed by atoms with Crippen molar-refractivity contribution < 1.29 is 14.0 Å². The van der Waals surface area contributed by atoms with Gasteiger partial charge in [0.2, 0.25) is 0 Å². The second kappa shape index (κ2) is 2.58. The molecule has 0 aromatic heterocycles. The number of carboxylic acid groups (broad SMARTS) is 1. The Labute approximate surface area is 46.3 Å². The standard InChI is InChI=1S/C4H9NO2/c1-2-3(5)4(6)7/h3H,2,5H2,1H3,(H,6,7)/t3-/m0/s1/i2D2,3D. The van der Waals surface area contributed by atoms with Crippen molar-refractivity contribution in [1.29, 1.82) is 0 Å². The molecule has 3 heteroatoms. The molecular weight excluding hydrogens is 94.0 g/mol. The van der Waals surface area contributed by atoms with Crippen LogP contribution in [-0.4, -0.2) is 17.1 Å². The topological polar surface area (TPSA) is 63.3 Å². The van der Waals surface area contributed by atoms with Crippen LogP contribution in [0.25, 0.3) is 0 Å². The summed E-state index contributed by atoms with van der Waals surface area (Å²) in [7, 11) is 0. The second-order valence-corrected chi connectivity index (χ2v) is 0.969. The largest absolute Gasteiger partial charge is 0.480 e. The number of carboxylic acids is 1. The van der Waals surface area contributed by atoms with Crippen molar-refractivity contribution in [1.82, 2.24) is 0 Å². The summed E-state index contributed by atoms with van der Waals surface area (Å²) in [6.45, 7) is 0.953. The fraction of sp³-hybridized carbons (Fsp3) is 0.750. The van der Waals surface area contributed by atoms with Gasteiger partial charge >= 0.3 is 5.97 Å². The van der Waals surface area contributed by atoms with Gasteiger partial charge in [-0.3, -0.25) is 4.79 Å². The number of aliphatic carboxylic acids is 1. The maximum absolute atomic E-state index is 10.1. The third-order valence-electron chi connectivity index (χ3n) is 0.500. The molecule has 0 aliphatic rings. The van der Waals surface area contributed by atoms with E-state index in [2.05, 4.69) is 0 Å². The van der Waals surface area contributed by atoms with Crippen LogP contribution in [0.1, 0.15) is 17.4 Å². The minimum atomic E-state index is -2.56. The average molecular weight is 106 g/mol. The predicted octanol–water partition coefficient (Wildman–Crippen LogP) is -0.192. The summed E-state index contributed by atoms with van der Waals surface area (Å²) in [6.07, 6.45) is -2.24. The van der Waals surface area contributed by atoms with Crippen LogP contribution in [0.3, 0.4) is 0 Å². The van der Waals surface area contributed by atoms with Gasteiger partial charge in [0.25, 0.3) is 0 Å². The highest BCUT2D eigenvalue weighted by molar-refractivity contribution is 5.72. The third kappa shape index (κ3) is 2.17. The van der Waals surface area contributed by atoms with Crippen LogP contribution in [0.15, 0.2) is 0 Å². The molecule has 0 aliphatic heterocycles. The zero-order chi connectivity index (χ0) is 8.58. The number of hydrogen-bond donors (Lipinski definition) is 2. The first-order valence-electron chi connectivity index (χ1n) is 3.22. The van der Waals surface area contributed by atoms with Crippen molar-refractivity contribution in [2.75, 3.05) is 0 Å². The van der Waals surface area contributed by atoms with E-state index in [1.807, 2.05) is 0 Å². The van der Waals surface area contributed by atoms with Crippen molar-refractivity contribution in [3.63, 3.8) is 0 Å². The molecule has 7 heavy (non-hydrogen) atoms. The van der Waals surface area contributed by atoms with E-state index < -0.39 is 18.4 Å². The van der Waals surface area contributed by atoms with Crippen molar-refractivity contribution >= 4 is 5.97 Å². The Balaban J connectivity index is 4.57. The molecule has 0 amide bonds. The smallest absolute Gasteiger partial charge is 0.320 e. The minimum Gasteiger partial charge on any atom is -0.480 e. The first kappa shape index (κ1) is 2.67. The van der Waals surface area contributed by atoms with Gasteiger partial charge in [-0.1, -0.05) is 6.92 Å². The van der Waals surface area contributed by atoms with Gasteiger partial charge in [0.1, 0.15) is 6.02 Å². The molecule has 0 heterocycles. The van der Waals surface area contributed by atoms with Crippen molar-refractivity contribution in [2.24, 2.45) is 5.73 Å². The van der Waals surface area contributed by atoms with Crippen LogP contribution in [-0.2, 0) is 4.79 Å². The summed E-state index contributed by atoms with van der Waals surface area (Å²) < 4.78 is 20.5. The van der Waals surface area contributed by atoms with Gasteiger partial charge in [-0.25, -0.2) is 0 Å². The van der Waals surface area contributed by atoms with E-state index in [0.29, 0.717) is 0 Å². The Kier molecular flexibility index (Phi) is 0.982. The van der Waals surface area contributed by atoms with Gasteiger partial charge in [0.05, 0.1) is 1.37 Å². The van der Waals surface area contributed by atoms with Gasteiger partial charge in [-0.2, -0.15) is 0 Å². The molecule has 0 unspecified atom stereocenters. The first-order valence-corrected chi connectivity index (χ1v) is 1.72. The molecule has 0 spiro atoms. The third-order valence-corrected chi connectivity index (χ3v) is 0.500. The molecule has 0 saturated carbocycles. The van der Waals surface area contributed by atoms with Crippen molar-refractivity contribution in [3.8, 4) is 0 Å². The number of rotatable bonds is 2. The second-order valence-electron chi connectivity index (χ2n) is 0.969. The summed E-state index contributed by atoms with van der Waals surface area (Å²) in [5, 5.41) is 8.22. The molecule has 0 rings (SSSR count). The van der Waals surface area contributed by atoms with E-state index in [1.54, 1.807) is 0 Å². The Hall–Kier alpha value is -0.570. The predicted molar refractivity (Wildman–Crippen MR) is 25.9 cm³/mol. The summed E-state index contributed by atoms with van der Waals surface area (Å²) in [6, 6.07) is -2.56. The Morgan fingerprint density at radius 2 is 2.86 bits per heavy atom. The van der Waals surface area contributed by atoms with Crippen LogP contribution in [0.2, 0.25) is 0 Å². The van der Waals surface area contributed by atoms with Gasteiger partial charge in [0.15, 0.2) is 0 Å². The Morgan fingerprint density at radius 1 is 2.43 bits per heavy atom. The van der Waals surface area contributed by atoms with E-state index in [-0.39, 0.29) is 0 Å². The normalized spacial score (nSPS) is 26.3. The van der Waals surface area contributed by atoms with E-state index in [4.69, 9.17) is 15.0 Å². The van der Waals surface area contributed by atoms with Crippen molar-refractivity contribution in [3.05, 3.63) is 0 Å². The van der Waals surface area contributed by atoms with E-state index in [9.17, 15) is 4.79 Å². The zero-order valence-corrected chi connectivity index (χ0v) is 3.93. The maximum atomic E-state index is 10.1. The molecule has 42 valence electrons. The van der Waals surface area contributed by atoms with Gasteiger partial charge in [-0.15, -0.1) is 0 Å². The van der Waals surface area contributed by atoms with Crippen LogP contribution in [0, 0.1) is 0 Å². The zero-order valence-electron chi connectivity index (χ0n) is 6.93. The summed E-state index contributed by atoms with van der Waals surface area (Å²) in [4.78, 5) is 10.1. The quantitative estimate of drug-likeness (QED) is 0.512. The molecule has 1 atom stereocenters. The maximum Gasteiger partial charge on any atom is 0.320 e. The van der Waals surface area contributed by atoms with Crippen LogP contribution >= 0.6 is 0 Å². The van der Waals surface area contributed by atoms with Crippen LogP contribution in [0.4, 0.5) is 0 Å². The average Bonchev–Trinajstić information content (AvgIpc) is 1.62. The lowest BCUT2D eigenvalue weighted by molar-refractivity contribution is -0.138. The molecular formula is C4H9NO2. The SMILES string of the molecule is [2H]C([2H])(C)[C@]([2H])(N)C(=O)O. The van der Waals surface area contributed by atoms with Gasteiger partial charge in [-0.05, 0) is 6.37 Å². The van der Waals surface area contributed by atoms with E-state index in [1.165, 1.54) is 0 Å². The molecule has 3 N–H and O–H groups in total. The molecule has 0 aliphatic carbocycles. The van der Waals surface area contributed by atoms with Crippen molar-refractivity contribution in [2.45, 2.75) is 19.3 Å². The lowest BCUT2D eigenvalue weighted by atomic mass is 10.2. The fourth-order valence-electron chi connectivity index (χ4n) is 0.107. The highest BCUT2D eigenvalue weighted by Crippen LogP contribution is 1.82. The van der Waals surface area contributed by atoms with Gasteiger partial charge < -0.3 is 10.8 Å². The molecule has 0 aromatic rings. The molecule has 0 radical (unpaired) electrons. The lowest BCUT2D eigenvalue weighted by Gasteiger charge is -1.97. The van der Waals surface area contributed by atoms with E-state index in [0.717, 1.165) is 6.92 Å². The Morgan fingerprint density at radius 3 is 2.86 bits per heavy atom. The number of nitrogens with two attached hydrogens (primary N) is 1. The molecule has 3 nitrogen and oxygen atoms in total. The first-order chi connectivity index (χ1) is 4.19. The summed E-state index contributed by atoms with van der Waals surface area (Å²) in [5.74, 6) is -1.67. The lowest BCUT2D eigenvalue weighted by Crippen LogP contribution is -2.28. The van der Waals surface area contributed by atoms with E-state index >= 15 is 0 Å². The van der Waals surface area contributed by atoms with Gasteiger partial charge in [0, 0.05) is 2.74 Å².